The number of hydrogen-bond acceptors (Lipinski definition) is 10. The Hall–Kier alpha value is -2.38. The predicted molar refractivity (Wildman–Crippen MR) is 138 cm³/mol. The summed E-state index contributed by atoms with van der Waals surface area (Å²) in [5.41, 5.74) is -1.14. The smallest absolute Gasteiger partial charge is 0.403 e. The molecule has 4 N–H and O–H groups in total. The van der Waals surface area contributed by atoms with E-state index in [-0.39, 0.29) is 16.9 Å². The molecule has 3 heterocycles. The van der Waals surface area contributed by atoms with E-state index < -0.39 is 80.2 Å². The van der Waals surface area contributed by atoms with Crippen LogP contribution in [0.3, 0.4) is 0 Å². The van der Waals surface area contributed by atoms with Crippen molar-refractivity contribution in [2.45, 2.75) is 83.2 Å². The Balaban J connectivity index is 1.71. The molecule has 0 spiro atoms. The number of hydrogen-bond donors (Lipinski definition) is 4. The Morgan fingerprint density at radius 2 is 1.93 bits per heavy atom. The fourth-order valence-electron chi connectivity index (χ4n) is 4.24. The number of phosphoric ester groups is 1. The van der Waals surface area contributed by atoms with Gasteiger partial charge in [-0.1, -0.05) is 48.1 Å². The van der Waals surface area contributed by atoms with Gasteiger partial charge in [0.2, 0.25) is 0 Å². The molecule has 4 rings (SSSR count). The van der Waals surface area contributed by atoms with E-state index >= 15 is 8.78 Å². The number of ether oxygens (including phenoxy) is 1. The van der Waals surface area contributed by atoms with Crippen LogP contribution >= 0.6 is 7.82 Å². The third-order valence-electron chi connectivity index (χ3n) is 6.51. The second-order valence-corrected chi connectivity index (χ2v) is 13.2. The van der Waals surface area contributed by atoms with Gasteiger partial charge in [0.05, 0.1) is 28.5 Å². The van der Waals surface area contributed by atoms with Crippen LogP contribution in [0.2, 0.25) is 0 Å². The number of halogens is 2. The summed E-state index contributed by atoms with van der Waals surface area (Å²) in [4.78, 5) is 12.5. The third kappa shape index (κ3) is 5.44. The Labute approximate surface area is 235 Å². The van der Waals surface area contributed by atoms with E-state index in [1.807, 2.05) is 0 Å². The van der Waals surface area contributed by atoms with Gasteiger partial charge in [0.25, 0.3) is 11.8 Å². The second kappa shape index (κ2) is 10.2. The number of nitrogens with zero attached hydrogens (tertiary/aromatic N) is 1. The minimum Gasteiger partial charge on any atom is -0.403 e. The molecule has 1 fully saturated rings. The fraction of sp³-hybridized carbons (Fsp3) is 0.577. The molecule has 0 saturated carbocycles. The largest absolute Gasteiger partial charge is 0.530 e. The molecule has 3 aliphatic heterocycles. The van der Waals surface area contributed by atoms with E-state index in [1.165, 1.54) is 6.07 Å². The molecule has 1 aromatic rings. The number of carbonyl (C=O) groups excluding carboxylic acids is 1. The first-order valence-electron chi connectivity index (χ1n) is 13.8. The molecule has 3 aliphatic rings. The van der Waals surface area contributed by atoms with Gasteiger partial charge < -0.3 is 34.8 Å². The third-order valence-corrected chi connectivity index (χ3v) is 7.68. The molecule has 0 bridgehead atoms. The molecular formula is C26H35F2N2O9P. The van der Waals surface area contributed by atoms with Gasteiger partial charge in [-0.2, -0.15) is 0 Å². The van der Waals surface area contributed by atoms with Crippen molar-refractivity contribution in [3.05, 3.63) is 52.7 Å². The van der Waals surface area contributed by atoms with E-state index in [4.69, 9.17) is 22.4 Å². The highest BCUT2D eigenvalue weighted by atomic mass is 31.2. The van der Waals surface area contributed by atoms with Gasteiger partial charge in [-0.15, -0.1) is 0 Å². The first kappa shape index (κ1) is 26.5. The Morgan fingerprint density at radius 3 is 2.50 bits per heavy atom. The standard InChI is InChI=1S/C26H35F2N2O9P/c1-13-29-22(34)14(10-31)9-30(13)23-19(32)21(33)26(28,38-23)12-37-40(35)36-11-15-18(27)16(24(2,3)4)8-17(20(15)39-40)25(5,6)7/h8-9,19,21,23,31-33H,1,10-12H2,2-7H3,(H,29,34)/t19-,21+,23-,26-,40?/m1/s1/i12D2,23D. The van der Waals surface area contributed by atoms with Gasteiger partial charge in [0.1, 0.15) is 36.2 Å². The lowest BCUT2D eigenvalue weighted by Crippen LogP contribution is -2.48. The molecule has 1 unspecified atom stereocenters. The highest BCUT2D eigenvalue weighted by Crippen LogP contribution is 2.58. The molecule has 5 atom stereocenters. The van der Waals surface area contributed by atoms with Crippen molar-refractivity contribution in [3.8, 4) is 5.75 Å². The number of nitrogens with one attached hydrogen (secondary N) is 1. The second-order valence-electron chi connectivity index (χ2n) is 11.7. The first-order chi connectivity index (χ1) is 19.4. The highest BCUT2D eigenvalue weighted by Gasteiger charge is 2.59. The monoisotopic (exact) mass is 591 g/mol. The van der Waals surface area contributed by atoms with Gasteiger partial charge >= 0.3 is 7.82 Å². The van der Waals surface area contributed by atoms with Gasteiger partial charge in [-0.3, -0.25) is 13.8 Å². The number of fused-ring (bicyclic) bond motifs is 1. The highest BCUT2D eigenvalue weighted by molar-refractivity contribution is 7.49. The maximum absolute atomic E-state index is 16.3. The summed E-state index contributed by atoms with van der Waals surface area (Å²) in [7, 11) is -5.14. The lowest BCUT2D eigenvalue weighted by Gasteiger charge is -2.35. The number of benzene rings is 1. The van der Waals surface area contributed by atoms with Gasteiger partial charge in [-0.25, -0.2) is 13.3 Å². The Kier molecular flexibility index (Phi) is 6.74. The molecule has 14 heteroatoms. The zero-order chi connectivity index (χ0) is 32.7. The lowest BCUT2D eigenvalue weighted by atomic mass is 9.78. The van der Waals surface area contributed by atoms with Crippen molar-refractivity contribution in [2.24, 2.45) is 0 Å². The first-order valence-corrected chi connectivity index (χ1v) is 13.8. The minimum atomic E-state index is -5.14. The maximum atomic E-state index is 16.3. The van der Waals surface area contributed by atoms with Crippen LogP contribution in [0.25, 0.3) is 0 Å². The minimum absolute atomic E-state index is 0.113. The summed E-state index contributed by atoms with van der Waals surface area (Å²) in [6.07, 6.45) is -7.69. The van der Waals surface area contributed by atoms with Crippen molar-refractivity contribution in [1.82, 2.24) is 10.2 Å². The van der Waals surface area contributed by atoms with Crippen LogP contribution in [-0.4, -0.2) is 63.6 Å². The molecule has 40 heavy (non-hydrogen) atoms. The normalized spacial score (nSPS) is 34.3. The van der Waals surface area contributed by atoms with Gasteiger partial charge in [0, 0.05) is 11.8 Å². The topological polar surface area (TPSA) is 147 Å². The number of carbonyl (C=O) groups is 1. The fourth-order valence-corrected chi connectivity index (χ4v) is 5.33. The quantitative estimate of drug-likeness (QED) is 0.377. The number of aliphatic hydroxyl groups excluding tert-OH is 3. The van der Waals surface area contributed by atoms with Crippen LogP contribution < -0.4 is 9.84 Å². The van der Waals surface area contributed by atoms with Crippen LogP contribution in [0.5, 0.6) is 5.75 Å². The van der Waals surface area contributed by atoms with Crippen molar-refractivity contribution < 1.29 is 55.9 Å². The number of aliphatic hydroxyl groups is 3. The Morgan fingerprint density at radius 1 is 1.30 bits per heavy atom. The molecule has 0 aliphatic carbocycles. The zero-order valence-corrected chi connectivity index (χ0v) is 23.8. The molecular weight excluding hydrogens is 553 g/mol. The summed E-state index contributed by atoms with van der Waals surface area (Å²) in [6.45, 7) is 8.67. The Bertz CT molecular complexity index is 1450. The summed E-state index contributed by atoms with van der Waals surface area (Å²) in [5, 5.41) is 32.9. The van der Waals surface area contributed by atoms with E-state index in [9.17, 15) is 24.7 Å². The average molecular weight is 592 g/mol. The zero-order valence-electron chi connectivity index (χ0n) is 25.9. The predicted octanol–water partition coefficient (Wildman–Crippen LogP) is 2.98. The summed E-state index contributed by atoms with van der Waals surface area (Å²) in [6, 6.07) is 1.53. The van der Waals surface area contributed by atoms with Crippen molar-refractivity contribution in [2.75, 3.05) is 13.2 Å². The maximum Gasteiger partial charge on any atom is 0.530 e. The SMILES string of the molecule is [2H]C([2H])(OP1(=O)OCc2c(F)c(C(C)(C)C)cc(C(C)(C)C)c2O1)[C@@]1(F)O[C@@]([2H])(N2C=C(CO)C(=O)NC2=C)[C@H](O)[C@@H]1O. The van der Waals surface area contributed by atoms with Crippen molar-refractivity contribution >= 4 is 13.7 Å². The van der Waals surface area contributed by atoms with Crippen molar-refractivity contribution in [1.29, 1.82) is 0 Å². The number of amides is 1. The molecule has 11 nitrogen and oxygen atoms in total. The van der Waals surface area contributed by atoms with E-state index in [0.29, 0.717) is 16.0 Å². The van der Waals surface area contributed by atoms with Crippen LogP contribution in [-0.2, 0) is 40.6 Å². The van der Waals surface area contributed by atoms with Gasteiger partial charge in [-0.05, 0) is 22.5 Å². The van der Waals surface area contributed by atoms with Crippen LogP contribution in [0.4, 0.5) is 8.78 Å². The van der Waals surface area contributed by atoms with E-state index in [0.717, 1.165) is 6.20 Å². The summed E-state index contributed by atoms with van der Waals surface area (Å²) >= 11 is 0. The van der Waals surface area contributed by atoms with Crippen LogP contribution in [0.15, 0.2) is 30.2 Å². The van der Waals surface area contributed by atoms with Crippen molar-refractivity contribution in [3.63, 3.8) is 0 Å². The van der Waals surface area contributed by atoms with E-state index in [1.54, 1.807) is 41.5 Å². The summed E-state index contributed by atoms with van der Waals surface area (Å²) < 4.78 is 91.2. The lowest BCUT2D eigenvalue weighted by molar-refractivity contribution is -0.208. The van der Waals surface area contributed by atoms with Gasteiger partial charge in [0.15, 0.2) is 6.20 Å². The van der Waals surface area contributed by atoms with E-state index in [2.05, 4.69) is 11.9 Å². The van der Waals surface area contributed by atoms with Crippen LogP contribution in [0, 0.1) is 5.82 Å². The molecule has 1 aromatic carbocycles. The number of alkyl halides is 1. The molecule has 1 amide bonds. The average Bonchev–Trinajstić information content (AvgIpc) is 3.03. The molecule has 1 saturated heterocycles. The number of phosphoric acid groups is 1. The van der Waals surface area contributed by atoms with Crippen LogP contribution in [0.1, 0.15) is 62.3 Å². The number of rotatable bonds is 5. The molecule has 0 aromatic heterocycles. The molecule has 0 radical (unpaired) electrons. The molecule has 222 valence electrons. The summed E-state index contributed by atoms with van der Waals surface area (Å²) in [5.74, 6) is -6.32.